The molecule has 2 saturated carbocycles. The zero-order valence-electron chi connectivity index (χ0n) is 13.7. The molecule has 4 fully saturated rings. The minimum Gasteiger partial charge on any atom is -0.480 e. The Kier molecular flexibility index (Phi) is 4.08. The number of hydrogen-bond donors (Lipinski definition) is 2. The van der Waals surface area contributed by atoms with Crippen LogP contribution in [0.1, 0.15) is 64.2 Å². The molecule has 2 heterocycles. The van der Waals surface area contributed by atoms with Gasteiger partial charge in [0.15, 0.2) is 0 Å². The minimum absolute atomic E-state index is 0.0706. The van der Waals surface area contributed by atoms with Gasteiger partial charge in [0.1, 0.15) is 6.04 Å². The molecule has 0 aromatic heterocycles. The van der Waals surface area contributed by atoms with Gasteiger partial charge in [-0.25, -0.2) is 4.79 Å². The first-order chi connectivity index (χ1) is 11.1. The van der Waals surface area contributed by atoms with Gasteiger partial charge in [-0.1, -0.05) is 25.7 Å². The van der Waals surface area contributed by atoms with Gasteiger partial charge in [-0.2, -0.15) is 0 Å². The third kappa shape index (κ3) is 2.67. The van der Waals surface area contributed by atoms with Crippen molar-refractivity contribution in [3.05, 3.63) is 0 Å². The summed E-state index contributed by atoms with van der Waals surface area (Å²) in [5, 5.41) is 13.2. The molecule has 6 atom stereocenters. The van der Waals surface area contributed by atoms with Gasteiger partial charge in [0.25, 0.3) is 0 Å². The lowest BCUT2D eigenvalue weighted by molar-refractivity contribution is -0.150. The molecule has 5 nitrogen and oxygen atoms in total. The van der Waals surface area contributed by atoms with Crippen molar-refractivity contribution in [2.45, 2.75) is 88.4 Å². The van der Waals surface area contributed by atoms with Crippen molar-refractivity contribution in [3.8, 4) is 0 Å². The highest BCUT2D eigenvalue weighted by molar-refractivity contribution is 5.88. The maximum Gasteiger partial charge on any atom is 0.326 e. The number of nitrogens with zero attached hydrogens (tertiary/aromatic N) is 1. The van der Waals surface area contributed by atoms with E-state index in [-0.39, 0.29) is 18.0 Å². The van der Waals surface area contributed by atoms with E-state index in [4.69, 9.17) is 0 Å². The number of rotatable bonds is 2. The van der Waals surface area contributed by atoms with Crippen molar-refractivity contribution >= 4 is 11.9 Å². The highest BCUT2D eigenvalue weighted by Crippen LogP contribution is 2.41. The molecule has 0 aromatic rings. The third-order valence-corrected chi connectivity index (χ3v) is 6.79. The van der Waals surface area contributed by atoms with Crippen LogP contribution in [0, 0.1) is 11.8 Å². The number of carbonyl (C=O) groups excluding carboxylic acids is 1. The fourth-order valence-corrected chi connectivity index (χ4v) is 5.69. The summed E-state index contributed by atoms with van der Waals surface area (Å²) >= 11 is 0. The zero-order valence-corrected chi connectivity index (χ0v) is 13.7. The van der Waals surface area contributed by atoms with Gasteiger partial charge in [-0.05, 0) is 50.4 Å². The average molecular weight is 320 g/mol. The van der Waals surface area contributed by atoms with Crippen LogP contribution in [0.15, 0.2) is 0 Å². The van der Waals surface area contributed by atoms with Gasteiger partial charge in [0, 0.05) is 12.1 Å². The summed E-state index contributed by atoms with van der Waals surface area (Å²) in [5.74, 6) is 0.271. The predicted octanol–water partition coefficient (Wildman–Crippen LogP) is 2.15. The molecule has 4 rings (SSSR count). The quantitative estimate of drug-likeness (QED) is 0.818. The Morgan fingerprint density at radius 2 is 1.61 bits per heavy atom. The largest absolute Gasteiger partial charge is 0.480 e. The van der Waals surface area contributed by atoms with E-state index in [1.807, 2.05) is 0 Å². The first-order valence-electron chi connectivity index (χ1n) is 9.46. The first-order valence-corrected chi connectivity index (χ1v) is 9.46. The van der Waals surface area contributed by atoms with Crippen LogP contribution in [0.2, 0.25) is 0 Å². The Morgan fingerprint density at radius 1 is 0.913 bits per heavy atom. The standard InChI is InChI=1S/C18H28N2O3/c21-17(14-9-11-5-1-3-7-13(11)19-14)20-15-8-4-2-6-12(15)10-16(20)18(22)23/h11-16,19H,1-10H2,(H,22,23)/t11-,12-,13-,14-,15-,16-/m0/s1. The highest BCUT2D eigenvalue weighted by atomic mass is 16.4. The van der Waals surface area contributed by atoms with E-state index in [1.54, 1.807) is 4.90 Å². The van der Waals surface area contributed by atoms with Crippen molar-refractivity contribution in [2.24, 2.45) is 11.8 Å². The summed E-state index contributed by atoms with van der Waals surface area (Å²) in [6.45, 7) is 0. The van der Waals surface area contributed by atoms with Crippen LogP contribution in [0.4, 0.5) is 0 Å². The van der Waals surface area contributed by atoms with Gasteiger partial charge < -0.3 is 15.3 Å². The highest BCUT2D eigenvalue weighted by Gasteiger charge is 2.50. The Hall–Kier alpha value is -1.10. The molecular formula is C18H28N2O3. The third-order valence-electron chi connectivity index (χ3n) is 6.79. The Balaban J connectivity index is 1.52. The van der Waals surface area contributed by atoms with Crippen molar-refractivity contribution < 1.29 is 14.7 Å². The molecule has 2 saturated heterocycles. The second-order valence-corrected chi connectivity index (χ2v) is 8.05. The zero-order chi connectivity index (χ0) is 16.0. The summed E-state index contributed by atoms with van der Waals surface area (Å²) in [7, 11) is 0. The molecule has 2 N–H and O–H groups in total. The van der Waals surface area contributed by atoms with E-state index in [9.17, 15) is 14.7 Å². The van der Waals surface area contributed by atoms with Crippen molar-refractivity contribution in [2.75, 3.05) is 0 Å². The summed E-state index contributed by atoms with van der Waals surface area (Å²) in [6.07, 6.45) is 10.9. The topological polar surface area (TPSA) is 69.6 Å². The smallest absolute Gasteiger partial charge is 0.326 e. The Labute approximate surface area is 137 Å². The van der Waals surface area contributed by atoms with E-state index in [2.05, 4.69) is 5.32 Å². The summed E-state index contributed by atoms with van der Waals surface area (Å²) < 4.78 is 0. The molecular weight excluding hydrogens is 292 g/mol. The first kappa shape index (κ1) is 15.4. The lowest BCUT2D eigenvalue weighted by atomic mass is 9.84. The maximum atomic E-state index is 13.2. The van der Waals surface area contributed by atoms with Crippen LogP contribution in [0.5, 0.6) is 0 Å². The monoisotopic (exact) mass is 320 g/mol. The Morgan fingerprint density at radius 3 is 2.35 bits per heavy atom. The summed E-state index contributed by atoms with van der Waals surface area (Å²) in [4.78, 5) is 26.7. The van der Waals surface area contributed by atoms with Crippen molar-refractivity contribution in [3.63, 3.8) is 0 Å². The number of nitrogens with one attached hydrogen (secondary N) is 1. The number of likely N-dealkylation sites (tertiary alicyclic amines) is 1. The molecule has 0 spiro atoms. The van der Waals surface area contributed by atoms with Crippen LogP contribution in [-0.2, 0) is 9.59 Å². The summed E-state index contributed by atoms with van der Waals surface area (Å²) in [6, 6.07) is -0.0989. The van der Waals surface area contributed by atoms with Gasteiger partial charge in [-0.3, -0.25) is 4.79 Å². The van der Waals surface area contributed by atoms with Gasteiger partial charge in [-0.15, -0.1) is 0 Å². The predicted molar refractivity (Wildman–Crippen MR) is 85.9 cm³/mol. The molecule has 2 aliphatic carbocycles. The van der Waals surface area contributed by atoms with Crippen molar-refractivity contribution in [1.29, 1.82) is 0 Å². The van der Waals surface area contributed by atoms with Crippen molar-refractivity contribution in [1.82, 2.24) is 10.2 Å². The number of carboxylic acid groups (broad SMARTS) is 1. The van der Waals surface area contributed by atoms with Crippen LogP contribution in [0.3, 0.4) is 0 Å². The number of carboxylic acids is 1. The van der Waals surface area contributed by atoms with E-state index in [0.29, 0.717) is 24.3 Å². The summed E-state index contributed by atoms with van der Waals surface area (Å²) in [5.41, 5.74) is 0. The number of carbonyl (C=O) groups is 2. The van der Waals surface area contributed by atoms with Gasteiger partial charge in [0.2, 0.25) is 5.91 Å². The second-order valence-electron chi connectivity index (χ2n) is 8.05. The minimum atomic E-state index is -0.817. The van der Waals surface area contributed by atoms with E-state index in [0.717, 1.165) is 25.7 Å². The molecule has 0 unspecified atom stereocenters. The maximum absolute atomic E-state index is 13.2. The van der Waals surface area contributed by atoms with Crippen LogP contribution in [-0.4, -0.2) is 46.1 Å². The molecule has 0 radical (unpaired) electrons. The molecule has 5 heteroatoms. The van der Waals surface area contributed by atoms with Gasteiger partial charge >= 0.3 is 5.97 Å². The Bertz CT molecular complexity index is 481. The molecule has 0 bridgehead atoms. The lowest BCUT2D eigenvalue weighted by Gasteiger charge is -2.34. The fourth-order valence-electron chi connectivity index (χ4n) is 5.69. The van der Waals surface area contributed by atoms with E-state index >= 15 is 0 Å². The van der Waals surface area contributed by atoms with Crippen LogP contribution < -0.4 is 5.32 Å². The SMILES string of the molecule is O=C(O)[C@@H]1C[C@@H]2CCCC[C@@H]2N1C(=O)[C@@H]1C[C@@H]2CCCC[C@@H]2N1. The number of amides is 1. The molecule has 1 amide bonds. The normalized spacial score (nSPS) is 43.0. The van der Waals surface area contributed by atoms with Gasteiger partial charge in [0.05, 0.1) is 6.04 Å². The molecule has 2 aliphatic heterocycles. The van der Waals surface area contributed by atoms with Crippen LogP contribution in [0.25, 0.3) is 0 Å². The number of hydrogen-bond acceptors (Lipinski definition) is 3. The molecule has 0 aromatic carbocycles. The molecule has 128 valence electrons. The second kappa shape index (κ2) is 6.08. The van der Waals surface area contributed by atoms with Crippen LogP contribution >= 0.6 is 0 Å². The number of fused-ring (bicyclic) bond motifs is 2. The van der Waals surface area contributed by atoms with E-state index in [1.165, 1.54) is 32.1 Å². The average Bonchev–Trinajstić information content (AvgIpc) is 3.15. The molecule has 4 aliphatic rings. The lowest BCUT2D eigenvalue weighted by Crippen LogP contribution is -2.53. The molecule has 23 heavy (non-hydrogen) atoms. The van der Waals surface area contributed by atoms with E-state index < -0.39 is 12.0 Å². The fraction of sp³-hybridized carbons (Fsp3) is 0.889. The number of aliphatic carboxylic acids is 1.